The van der Waals surface area contributed by atoms with Gasteiger partial charge in [-0.1, -0.05) is 38.4 Å². The van der Waals surface area contributed by atoms with E-state index in [2.05, 4.69) is 78.4 Å². The van der Waals surface area contributed by atoms with E-state index in [4.69, 9.17) is 11.6 Å². The molecule has 1 aromatic rings. The summed E-state index contributed by atoms with van der Waals surface area (Å²) in [4.78, 5) is 0. The van der Waals surface area contributed by atoms with Crippen LogP contribution in [-0.2, 0) is 0 Å². The molecule has 0 aromatic heterocycles. The van der Waals surface area contributed by atoms with Crippen molar-refractivity contribution in [1.82, 2.24) is 0 Å². The lowest BCUT2D eigenvalue weighted by Crippen LogP contribution is -2.27. The Kier molecular flexibility index (Phi) is 5.02. The van der Waals surface area contributed by atoms with Crippen LogP contribution in [0.5, 0.6) is 0 Å². The monoisotopic (exact) mass is 364 g/mol. The second-order valence-corrected chi connectivity index (χ2v) is 9.57. The Bertz CT molecular complexity index is 420. The molecule has 18 heavy (non-hydrogen) atoms. The lowest BCUT2D eigenvalue weighted by Gasteiger charge is -2.36. The molecule has 0 radical (unpaired) electrons. The first-order valence-corrected chi connectivity index (χ1v) is 9.33. The first-order chi connectivity index (χ1) is 8.38. The number of benzene rings is 1. The summed E-state index contributed by atoms with van der Waals surface area (Å²) in [6.45, 7) is 7.03. The van der Waals surface area contributed by atoms with Crippen molar-refractivity contribution < 1.29 is 0 Å². The number of hydrogen-bond acceptors (Lipinski definition) is 2. The highest BCUT2D eigenvalue weighted by Gasteiger charge is 2.31. The van der Waals surface area contributed by atoms with Crippen LogP contribution in [0.1, 0.15) is 30.9 Å². The molecule has 1 fully saturated rings. The van der Waals surface area contributed by atoms with Crippen LogP contribution >= 0.6 is 51.1 Å². The maximum atomic E-state index is 6.17. The molecule has 1 aliphatic heterocycles. The topological polar surface area (TPSA) is 0 Å². The molecule has 1 saturated heterocycles. The lowest BCUT2D eigenvalue weighted by molar-refractivity contribution is 0.292. The number of halogens is 2. The predicted molar refractivity (Wildman–Crippen MR) is 89.8 cm³/mol. The average molecular weight is 366 g/mol. The van der Waals surface area contributed by atoms with Gasteiger partial charge < -0.3 is 0 Å². The van der Waals surface area contributed by atoms with Gasteiger partial charge in [0.1, 0.15) is 0 Å². The summed E-state index contributed by atoms with van der Waals surface area (Å²) in [6.07, 6.45) is 0. The van der Waals surface area contributed by atoms with Crippen molar-refractivity contribution in [3.8, 4) is 0 Å². The van der Waals surface area contributed by atoms with Crippen LogP contribution in [0, 0.1) is 11.3 Å². The molecular weight excluding hydrogens is 348 g/mol. The average Bonchev–Trinajstić information content (AvgIpc) is 2.32. The Hall–Kier alpha value is 0.690. The zero-order chi connectivity index (χ0) is 13.3. The van der Waals surface area contributed by atoms with Crippen LogP contribution in [-0.4, -0.2) is 11.5 Å². The first kappa shape index (κ1) is 15.1. The SMILES string of the molecule is CC(C)(C)[C@H]1CS[C@H](c2ccc(Br)c(Cl)c2)SC1. The second kappa shape index (κ2) is 5.99. The minimum Gasteiger partial charge on any atom is -0.142 e. The van der Waals surface area contributed by atoms with Gasteiger partial charge in [0, 0.05) is 4.47 Å². The van der Waals surface area contributed by atoms with E-state index in [1.165, 1.54) is 17.1 Å². The van der Waals surface area contributed by atoms with Crippen molar-refractivity contribution in [2.45, 2.75) is 25.4 Å². The standard InChI is InChI=1S/C14H18BrClS2/c1-14(2,3)10-7-17-13(18-8-10)9-4-5-11(15)12(16)6-9/h4-6,10,13H,7-8H2,1-3H3/t10-,13-. The number of thioether (sulfide) groups is 2. The van der Waals surface area contributed by atoms with E-state index in [1.807, 2.05) is 0 Å². The fraction of sp³-hybridized carbons (Fsp3) is 0.571. The van der Waals surface area contributed by atoms with Crippen molar-refractivity contribution in [3.05, 3.63) is 33.3 Å². The van der Waals surface area contributed by atoms with Crippen molar-refractivity contribution >= 4 is 51.1 Å². The molecule has 0 N–H and O–H groups in total. The quantitative estimate of drug-likeness (QED) is 0.577. The van der Waals surface area contributed by atoms with E-state index in [0.29, 0.717) is 10.00 Å². The molecule has 0 aliphatic carbocycles. The van der Waals surface area contributed by atoms with Crippen molar-refractivity contribution in [1.29, 1.82) is 0 Å². The minimum atomic E-state index is 0.419. The molecule has 0 bridgehead atoms. The third-order valence-electron chi connectivity index (χ3n) is 3.34. The molecule has 1 aliphatic rings. The summed E-state index contributed by atoms with van der Waals surface area (Å²) in [6, 6.07) is 6.32. The van der Waals surface area contributed by atoms with Crippen LogP contribution in [0.4, 0.5) is 0 Å². The van der Waals surface area contributed by atoms with Crippen LogP contribution in [0.3, 0.4) is 0 Å². The second-order valence-electron chi connectivity index (χ2n) is 5.74. The summed E-state index contributed by atoms with van der Waals surface area (Å²) >= 11 is 13.7. The van der Waals surface area contributed by atoms with E-state index in [9.17, 15) is 0 Å². The maximum absolute atomic E-state index is 6.17. The molecule has 1 aromatic carbocycles. The van der Waals surface area contributed by atoms with E-state index in [1.54, 1.807) is 0 Å². The molecular formula is C14H18BrClS2. The van der Waals surface area contributed by atoms with Gasteiger partial charge in [-0.15, -0.1) is 23.5 Å². The summed E-state index contributed by atoms with van der Waals surface area (Å²) in [5.41, 5.74) is 1.76. The summed E-state index contributed by atoms with van der Waals surface area (Å²) in [5.74, 6) is 3.29. The van der Waals surface area contributed by atoms with Gasteiger partial charge in [-0.2, -0.15) is 0 Å². The molecule has 2 rings (SSSR count). The van der Waals surface area contributed by atoms with Gasteiger partial charge in [0.05, 0.1) is 9.60 Å². The van der Waals surface area contributed by atoms with Crippen LogP contribution in [0.15, 0.2) is 22.7 Å². The fourth-order valence-corrected chi connectivity index (χ4v) is 6.02. The Balaban J connectivity index is 2.03. The maximum Gasteiger partial charge on any atom is 0.0752 e. The van der Waals surface area contributed by atoms with Crippen molar-refractivity contribution in [2.24, 2.45) is 11.3 Å². The summed E-state index contributed by atoms with van der Waals surface area (Å²) < 4.78 is 1.51. The minimum absolute atomic E-state index is 0.419. The molecule has 0 amide bonds. The Labute approximate surface area is 132 Å². The van der Waals surface area contributed by atoms with Crippen molar-refractivity contribution in [2.75, 3.05) is 11.5 Å². The van der Waals surface area contributed by atoms with E-state index >= 15 is 0 Å². The van der Waals surface area contributed by atoms with Crippen LogP contribution in [0.25, 0.3) is 0 Å². The van der Waals surface area contributed by atoms with Gasteiger partial charge in [-0.05, 0) is 56.5 Å². The largest absolute Gasteiger partial charge is 0.142 e. The van der Waals surface area contributed by atoms with Crippen LogP contribution in [0.2, 0.25) is 5.02 Å². The molecule has 0 saturated carbocycles. The van der Waals surface area contributed by atoms with E-state index in [-0.39, 0.29) is 0 Å². The number of rotatable bonds is 1. The third-order valence-corrected chi connectivity index (χ3v) is 7.73. The predicted octanol–water partition coefficient (Wildman–Crippen LogP) is 6.24. The van der Waals surface area contributed by atoms with Gasteiger partial charge in [0.25, 0.3) is 0 Å². The zero-order valence-corrected chi connectivity index (χ0v) is 14.8. The normalized spacial score (nSPS) is 25.2. The molecule has 100 valence electrons. The highest BCUT2D eigenvalue weighted by molar-refractivity contribution is 9.10. The molecule has 1 heterocycles. The molecule has 0 spiro atoms. The Morgan fingerprint density at radius 3 is 2.33 bits per heavy atom. The first-order valence-electron chi connectivity index (χ1n) is 6.06. The highest BCUT2D eigenvalue weighted by Crippen LogP contribution is 2.49. The van der Waals surface area contributed by atoms with Gasteiger partial charge in [0.15, 0.2) is 0 Å². The molecule has 0 unspecified atom stereocenters. The fourth-order valence-electron chi connectivity index (χ4n) is 1.85. The van der Waals surface area contributed by atoms with E-state index in [0.717, 1.165) is 15.4 Å². The smallest absolute Gasteiger partial charge is 0.0752 e. The summed E-state index contributed by atoms with van der Waals surface area (Å²) in [7, 11) is 0. The molecule has 4 heteroatoms. The zero-order valence-electron chi connectivity index (χ0n) is 10.9. The third kappa shape index (κ3) is 3.62. The van der Waals surface area contributed by atoms with Gasteiger partial charge in [-0.25, -0.2) is 0 Å². The van der Waals surface area contributed by atoms with Gasteiger partial charge in [-0.3, -0.25) is 0 Å². The Morgan fingerprint density at radius 1 is 1.22 bits per heavy atom. The molecule has 0 nitrogen and oxygen atoms in total. The Morgan fingerprint density at radius 2 is 1.83 bits per heavy atom. The van der Waals surface area contributed by atoms with Crippen molar-refractivity contribution in [3.63, 3.8) is 0 Å². The molecule has 0 atom stereocenters. The highest BCUT2D eigenvalue weighted by atomic mass is 79.9. The van der Waals surface area contributed by atoms with E-state index < -0.39 is 0 Å². The van der Waals surface area contributed by atoms with Crippen LogP contribution < -0.4 is 0 Å². The van der Waals surface area contributed by atoms with Gasteiger partial charge >= 0.3 is 0 Å². The van der Waals surface area contributed by atoms with Gasteiger partial charge in [0.2, 0.25) is 0 Å². The lowest BCUT2D eigenvalue weighted by atomic mass is 9.83. The number of hydrogen-bond donors (Lipinski definition) is 0. The summed E-state index contributed by atoms with van der Waals surface area (Å²) in [5, 5.41) is 0.812.